The van der Waals surface area contributed by atoms with E-state index in [1.54, 1.807) is 11.8 Å². The Kier molecular flexibility index (Phi) is 6.80. The van der Waals surface area contributed by atoms with E-state index in [9.17, 15) is 4.79 Å². The van der Waals surface area contributed by atoms with E-state index in [1.807, 2.05) is 19.3 Å². The summed E-state index contributed by atoms with van der Waals surface area (Å²) in [6.07, 6.45) is 5.25. The number of thioether (sulfide) groups is 1. The van der Waals surface area contributed by atoms with Gasteiger partial charge in [-0.3, -0.25) is 9.78 Å². The van der Waals surface area contributed by atoms with E-state index in [2.05, 4.69) is 24.9 Å². The van der Waals surface area contributed by atoms with E-state index in [4.69, 9.17) is 4.74 Å². The molecular weight excluding hydrogens is 246 g/mol. The molecule has 0 spiro atoms. The first-order valence-electron chi connectivity index (χ1n) is 6.34. The third kappa shape index (κ3) is 6.05. The average molecular weight is 267 g/mol. The number of ether oxygens (including phenoxy) is 1. The zero-order chi connectivity index (χ0) is 13.4. The fourth-order valence-electron chi connectivity index (χ4n) is 1.61. The van der Waals surface area contributed by atoms with Crippen LogP contribution in [0.3, 0.4) is 0 Å². The maximum atomic E-state index is 11.2. The van der Waals surface area contributed by atoms with E-state index in [-0.39, 0.29) is 5.97 Å². The molecule has 0 saturated carbocycles. The van der Waals surface area contributed by atoms with Crippen molar-refractivity contribution in [2.45, 2.75) is 38.5 Å². The van der Waals surface area contributed by atoms with E-state index in [0.29, 0.717) is 18.9 Å². The molecule has 1 aromatic heterocycles. The molecule has 100 valence electrons. The van der Waals surface area contributed by atoms with Crippen molar-refractivity contribution in [3.8, 4) is 0 Å². The van der Waals surface area contributed by atoms with Crippen LogP contribution >= 0.6 is 11.8 Å². The fraction of sp³-hybridized carbons (Fsp3) is 0.571. The highest BCUT2D eigenvalue weighted by Crippen LogP contribution is 2.20. The second kappa shape index (κ2) is 8.14. The summed E-state index contributed by atoms with van der Waals surface area (Å²) in [5.74, 6) is 1.24. The maximum Gasteiger partial charge on any atom is 0.306 e. The zero-order valence-electron chi connectivity index (χ0n) is 11.3. The summed E-state index contributed by atoms with van der Waals surface area (Å²) in [6, 6.07) is 2.16. The second-order valence-electron chi connectivity index (χ2n) is 4.53. The van der Waals surface area contributed by atoms with Crippen LogP contribution in [-0.2, 0) is 16.0 Å². The Morgan fingerprint density at radius 1 is 1.44 bits per heavy atom. The van der Waals surface area contributed by atoms with Crippen LogP contribution in [-0.4, -0.2) is 23.3 Å². The number of rotatable bonds is 7. The predicted molar refractivity (Wildman–Crippen MR) is 74.8 cm³/mol. The van der Waals surface area contributed by atoms with Crippen molar-refractivity contribution in [2.24, 2.45) is 5.92 Å². The Labute approximate surface area is 113 Å². The van der Waals surface area contributed by atoms with Crippen molar-refractivity contribution in [3.63, 3.8) is 0 Å². The lowest BCUT2D eigenvalue weighted by atomic mass is 10.1. The Hall–Kier alpha value is -1.03. The van der Waals surface area contributed by atoms with Crippen LogP contribution in [0, 0.1) is 5.92 Å². The number of aromatic nitrogens is 1. The molecule has 0 fully saturated rings. The molecule has 0 aliphatic rings. The summed E-state index contributed by atoms with van der Waals surface area (Å²) in [7, 11) is 0. The average Bonchev–Trinajstić information content (AvgIpc) is 2.29. The van der Waals surface area contributed by atoms with Gasteiger partial charge in [0.05, 0.1) is 13.0 Å². The summed E-state index contributed by atoms with van der Waals surface area (Å²) in [5.41, 5.74) is 1.26. The van der Waals surface area contributed by atoms with Crippen LogP contribution in [0.15, 0.2) is 23.4 Å². The normalized spacial score (nSPS) is 10.7. The molecule has 0 amide bonds. The van der Waals surface area contributed by atoms with Crippen LogP contribution < -0.4 is 0 Å². The highest BCUT2D eigenvalue weighted by molar-refractivity contribution is 7.99. The van der Waals surface area contributed by atoms with Gasteiger partial charge in [-0.05, 0) is 30.9 Å². The maximum absolute atomic E-state index is 11.2. The van der Waals surface area contributed by atoms with Crippen LogP contribution in [0.25, 0.3) is 0 Å². The summed E-state index contributed by atoms with van der Waals surface area (Å²) in [5, 5.41) is 0. The smallest absolute Gasteiger partial charge is 0.306 e. The van der Waals surface area contributed by atoms with Gasteiger partial charge in [-0.2, -0.15) is 0 Å². The number of pyridine rings is 1. The lowest BCUT2D eigenvalue weighted by Gasteiger charge is -2.06. The SMILES string of the molecule is CCOC(=O)CCSc1cncc(CC(C)C)c1. The van der Waals surface area contributed by atoms with Gasteiger partial charge in [-0.25, -0.2) is 0 Å². The third-order valence-electron chi connectivity index (χ3n) is 2.29. The summed E-state index contributed by atoms with van der Waals surface area (Å²) >= 11 is 1.65. The van der Waals surface area contributed by atoms with Gasteiger partial charge in [-0.15, -0.1) is 11.8 Å². The van der Waals surface area contributed by atoms with Crippen molar-refractivity contribution in [3.05, 3.63) is 24.0 Å². The minimum absolute atomic E-state index is 0.128. The molecule has 0 unspecified atom stereocenters. The van der Waals surface area contributed by atoms with Crippen LogP contribution in [0.5, 0.6) is 0 Å². The molecule has 1 heterocycles. The molecular formula is C14H21NO2S. The summed E-state index contributed by atoms with van der Waals surface area (Å²) in [4.78, 5) is 16.6. The van der Waals surface area contributed by atoms with Crippen molar-refractivity contribution >= 4 is 17.7 Å². The lowest BCUT2D eigenvalue weighted by Crippen LogP contribution is -2.04. The van der Waals surface area contributed by atoms with Gasteiger partial charge in [0.25, 0.3) is 0 Å². The van der Waals surface area contributed by atoms with Crippen LogP contribution in [0.4, 0.5) is 0 Å². The molecule has 1 rings (SSSR count). The van der Waals surface area contributed by atoms with Gasteiger partial charge in [0.1, 0.15) is 0 Å². The number of carbonyl (C=O) groups excluding carboxylic acids is 1. The number of hydrogen-bond donors (Lipinski definition) is 0. The van der Waals surface area contributed by atoms with E-state index >= 15 is 0 Å². The van der Waals surface area contributed by atoms with E-state index in [0.717, 1.165) is 17.1 Å². The molecule has 4 heteroatoms. The Morgan fingerprint density at radius 3 is 2.89 bits per heavy atom. The molecule has 0 aliphatic heterocycles. The highest BCUT2D eigenvalue weighted by Gasteiger charge is 2.04. The van der Waals surface area contributed by atoms with Crippen molar-refractivity contribution in [1.29, 1.82) is 0 Å². The van der Waals surface area contributed by atoms with Gasteiger partial charge in [0.2, 0.25) is 0 Å². The minimum atomic E-state index is -0.128. The molecule has 3 nitrogen and oxygen atoms in total. The van der Waals surface area contributed by atoms with Gasteiger partial charge >= 0.3 is 5.97 Å². The first kappa shape index (κ1) is 15.0. The molecule has 0 bridgehead atoms. The first-order valence-corrected chi connectivity index (χ1v) is 7.32. The summed E-state index contributed by atoms with van der Waals surface area (Å²) < 4.78 is 4.89. The Morgan fingerprint density at radius 2 is 2.22 bits per heavy atom. The third-order valence-corrected chi connectivity index (χ3v) is 3.26. The molecule has 0 radical (unpaired) electrons. The van der Waals surface area contributed by atoms with Gasteiger partial charge < -0.3 is 4.74 Å². The molecule has 0 atom stereocenters. The molecule has 18 heavy (non-hydrogen) atoms. The number of hydrogen-bond acceptors (Lipinski definition) is 4. The molecule has 1 aromatic rings. The molecule has 0 saturated heterocycles. The van der Waals surface area contributed by atoms with Crippen molar-refractivity contribution in [1.82, 2.24) is 4.98 Å². The van der Waals surface area contributed by atoms with Gasteiger partial charge in [0.15, 0.2) is 0 Å². The van der Waals surface area contributed by atoms with Crippen molar-refractivity contribution in [2.75, 3.05) is 12.4 Å². The van der Waals surface area contributed by atoms with Gasteiger partial charge in [0, 0.05) is 23.0 Å². The quantitative estimate of drug-likeness (QED) is 0.561. The number of carbonyl (C=O) groups is 1. The van der Waals surface area contributed by atoms with Crippen LogP contribution in [0.1, 0.15) is 32.8 Å². The Bertz CT molecular complexity index is 380. The monoisotopic (exact) mass is 267 g/mol. The van der Waals surface area contributed by atoms with Crippen molar-refractivity contribution < 1.29 is 9.53 Å². The largest absolute Gasteiger partial charge is 0.466 e. The zero-order valence-corrected chi connectivity index (χ0v) is 12.1. The molecule has 0 N–H and O–H groups in total. The standard InChI is InChI=1S/C14H21NO2S/c1-4-17-14(16)5-6-18-13-8-12(7-11(2)3)9-15-10-13/h8-11H,4-7H2,1-3H3. The van der Waals surface area contributed by atoms with E-state index < -0.39 is 0 Å². The Balaban J connectivity index is 2.40. The van der Waals surface area contributed by atoms with Gasteiger partial charge in [-0.1, -0.05) is 13.8 Å². The van der Waals surface area contributed by atoms with E-state index in [1.165, 1.54) is 5.56 Å². The predicted octanol–water partition coefficient (Wildman–Crippen LogP) is 3.33. The molecule has 0 aromatic carbocycles. The first-order chi connectivity index (χ1) is 8.61. The highest BCUT2D eigenvalue weighted by atomic mass is 32.2. The summed E-state index contributed by atoms with van der Waals surface area (Å²) in [6.45, 7) is 6.67. The minimum Gasteiger partial charge on any atom is -0.466 e. The lowest BCUT2D eigenvalue weighted by molar-refractivity contribution is -0.142. The number of nitrogens with zero attached hydrogens (tertiary/aromatic N) is 1. The second-order valence-corrected chi connectivity index (χ2v) is 5.70. The number of esters is 1. The molecule has 0 aliphatic carbocycles. The van der Waals surface area contributed by atoms with Crippen LogP contribution in [0.2, 0.25) is 0 Å². The topological polar surface area (TPSA) is 39.2 Å². The fourth-order valence-corrected chi connectivity index (χ4v) is 2.49.